The molecule has 1 aromatic carbocycles. The van der Waals surface area contributed by atoms with E-state index < -0.39 is 6.04 Å². The molecule has 0 saturated carbocycles. The lowest BCUT2D eigenvalue weighted by molar-refractivity contribution is -0.145. The van der Waals surface area contributed by atoms with E-state index in [0.717, 1.165) is 12.1 Å². The maximum Gasteiger partial charge on any atom is 0.327 e. The largest absolute Gasteiger partial charge is 0.465 e. The molecule has 5 nitrogen and oxygen atoms in total. The molecule has 110 valence electrons. The average molecular weight is 279 g/mol. The Hall–Kier alpha value is -1.75. The van der Waals surface area contributed by atoms with Gasteiger partial charge < -0.3 is 19.5 Å². The average Bonchev–Trinajstić information content (AvgIpc) is 2.86. The fourth-order valence-corrected chi connectivity index (χ4v) is 2.01. The van der Waals surface area contributed by atoms with Crippen molar-refractivity contribution in [1.29, 1.82) is 0 Å². The second-order valence-electron chi connectivity index (χ2n) is 5.10. The molecule has 20 heavy (non-hydrogen) atoms. The van der Waals surface area contributed by atoms with Crippen LogP contribution in [0.4, 0.5) is 0 Å². The summed E-state index contributed by atoms with van der Waals surface area (Å²) in [6.45, 7) is 7.31. The monoisotopic (exact) mass is 279 g/mol. The minimum Gasteiger partial charge on any atom is -0.465 e. The van der Waals surface area contributed by atoms with Gasteiger partial charge in [0.25, 0.3) is 0 Å². The van der Waals surface area contributed by atoms with E-state index in [1.54, 1.807) is 6.92 Å². The number of rotatable bonds is 6. The van der Waals surface area contributed by atoms with Gasteiger partial charge in [-0.3, -0.25) is 0 Å². The van der Waals surface area contributed by atoms with E-state index in [-0.39, 0.29) is 12.8 Å². The van der Waals surface area contributed by atoms with Crippen molar-refractivity contribution in [3.05, 3.63) is 23.8 Å². The number of hydrogen-bond donors (Lipinski definition) is 1. The van der Waals surface area contributed by atoms with E-state index in [4.69, 9.17) is 14.2 Å². The lowest BCUT2D eigenvalue weighted by atomic mass is 10.1. The zero-order valence-electron chi connectivity index (χ0n) is 12.1. The molecule has 0 spiro atoms. The Morgan fingerprint density at radius 2 is 2.10 bits per heavy atom. The molecule has 0 aromatic heterocycles. The zero-order valence-corrected chi connectivity index (χ0v) is 12.1. The van der Waals surface area contributed by atoms with Crippen molar-refractivity contribution < 1.29 is 19.0 Å². The van der Waals surface area contributed by atoms with E-state index >= 15 is 0 Å². The number of hydrogen-bond acceptors (Lipinski definition) is 5. The van der Waals surface area contributed by atoms with Gasteiger partial charge in [-0.2, -0.15) is 0 Å². The first-order valence-electron chi connectivity index (χ1n) is 6.91. The van der Waals surface area contributed by atoms with Gasteiger partial charge in [-0.1, -0.05) is 19.9 Å². The third-order valence-electron chi connectivity index (χ3n) is 2.98. The Morgan fingerprint density at radius 3 is 2.80 bits per heavy atom. The minimum absolute atomic E-state index is 0.224. The predicted molar refractivity (Wildman–Crippen MR) is 74.8 cm³/mol. The van der Waals surface area contributed by atoms with Gasteiger partial charge in [0.05, 0.1) is 6.61 Å². The SMILES string of the molecule is CCOC(=O)C(NCC(C)C)c1ccc2c(c1)OCO2. The number of fused-ring (bicyclic) bond motifs is 1. The molecule has 0 saturated heterocycles. The quantitative estimate of drug-likeness (QED) is 0.809. The molecule has 1 aliphatic rings. The van der Waals surface area contributed by atoms with Gasteiger partial charge in [0.1, 0.15) is 6.04 Å². The summed E-state index contributed by atoms with van der Waals surface area (Å²) < 4.78 is 15.8. The van der Waals surface area contributed by atoms with Crippen LogP contribution in [0.5, 0.6) is 11.5 Å². The summed E-state index contributed by atoms with van der Waals surface area (Å²) in [5, 5.41) is 3.24. The summed E-state index contributed by atoms with van der Waals surface area (Å²) in [6.07, 6.45) is 0. The number of carbonyl (C=O) groups is 1. The van der Waals surface area contributed by atoms with Gasteiger partial charge >= 0.3 is 5.97 Å². The van der Waals surface area contributed by atoms with Gasteiger partial charge in [-0.15, -0.1) is 0 Å². The summed E-state index contributed by atoms with van der Waals surface area (Å²) in [5.41, 5.74) is 0.827. The van der Waals surface area contributed by atoms with Crippen molar-refractivity contribution in [3.8, 4) is 11.5 Å². The van der Waals surface area contributed by atoms with Crippen LogP contribution in [0.15, 0.2) is 18.2 Å². The van der Waals surface area contributed by atoms with E-state index in [1.807, 2.05) is 18.2 Å². The van der Waals surface area contributed by atoms with Crippen LogP contribution < -0.4 is 14.8 Å². The van der Waals surface area contributed by atoms with Crippen molar-refractivity contribution >= 4 is 5.97 Å². The highest BCUT2D eigenvalue weighted by atomic mass is 16.7. The van der Waals surface area contributed by atoms with Crippen molar-refractivity contribution in [2.24, 2.45) is 5.92 Å². The fraction of sp³-hybridized carbons (Fsp3) is 0.533. The zero-order chi connectivity index (χ0) is 14.5. The van der Waals surface area contributed by atoms with Crippen molar-refractivity contribution in [3.63, 3.8) is 0 Å². The van der Waals surface area contributed by atoms with E-state index in [9.17, 15) is 4.79 Å². The molecule has 0 fully saturated rings. The second kappa shape index (κ2) is 6.61. The molecule has 1 unspecified atom stereocenters. The molecule has 1 heterocycles. The molecule has 1 N–H and O–H groups in total. The maximum absolute atomic E-state index is 12.1. The number of carbonyl (C=O) groups excluding carboxylic acids is 1. The molecule has 2 rings (SSSR count). The van der Waals surface area contributed by atoms with Gasteiger partial charge in [0, 0.05) is 0 Å². The molecule has 0 radical (unpaired) electrons. The summed E-state index contributed by atoms with van der Waals surface area (Å²) >= 11 is 0. The van der Waals surface area contributed by atoms with Crippen LogP contribution in [-0.4, -0.2) is 25.9 Å². The summed E-state index contributed by atoms with van der Waals surface area (Å²) in [7, 11) is 0. The summed E-state index contributed by atoms with van der Waals surface area (Å²) in [5.74, 6) is 1.55. The molecule has 1 aliphatic heterocycles. The first-order valence-corrected chi connectivity index (χ1v) is 6.91. The van der Waals surface area contributed by atoms with Gasteiger partial charge in [0.15, 0.2) is 11.5 Å². The van der Waals surface area contributed by atoms with Crippen LogP contribution in [0.2, 0.25) is 0 Å². The highest BCUT2D eigenvalue weighted by Crippen LogP contribution is 2.34. The van der Waals surface area contributed by atoms with Crippen LogP contribution >= 0.6 is 0 Å². The number of ether oxygens (including phenoxy) is 3. The summed E-state index contributed by atoms with van der Waals surface area (Å²) in [6, 6.07) is 5.03. The first kappa shape index (κ1) is 14.7. The molecule has 1 atom stereocenters. The van der Waals surface area contributed by atoms with E-state index in [1.165, 1.54) is 0 Å². The standard InChI is InChI=1S/C15H21NO4/c1-4-18-15(17)14(16-8-10(2)3)11-5-6-12-13(7-11)20-9-19-12/h5-7,10,14,16H,4,8-9H2,1-3H3. The molecular weight excluding hydrogens is 258 g/mol. The normalized spacial score (nSPS) is 14.4. The molecule has 0 bridgehead atoms. The van der Waals surface area contributed by atoms with Crippen LogP contribution in [-0.2, 0) is 9.53 Å². The number of benzene rings is 1. The van der Waals surface area contributed by atoms with Crippen molar-refractivity contribution in [2.75, 3.05) is 19.9 Å². The van der Waals surface area contributed by atoms with Crippen molar-refractivity contribution in [2.45, 2.75) is 26.8 Å². The van der Waals surface area contributed by atoms with E-state index in [2.05, 4.69) is 19.2 Å². The third kappa shape index (κ3) is 3.42. The molecule has 0 amide bonds. The Kier molecular flexibility index (Phi) is 4.84. The van der Waals surface area contributed by atoms with Crippen LogP contribution in [0, 0.1) is 5.92 Å². The lowest BCUT2D eigenvalue weighted by Crippen LogP contribution is -2.32. The number of nitrogens with one attached hydrogen (secondary N) is 1. The fourth-order valence-electron chi connectivity index (χ4n) is 2.01. The van der Waals surface area contributed by atoms with Crippen LogP contribution in [0.1, 0.15) is 32.4 Å². The third-order valence-corrected chi connectivity index (χ3v) is 2.98. The molecular formula is C15H21NO4. The Labute approximate surface area is 119 Å². The maximum atomic E-state index is 12.1. The Balaban J connectivity index is 2.18. The van der Waals surface area contributed by atoms with Crippen LogP contribution in [0.3, 0.4) is 0 Å². The van der Waals surface area contributed by atoms with Gasteiger partial charge in [0.2, 0.25) is 6.79 Å². The van der Waals surface area contributed by atoms with Gasteiger partial charge in [-0.05, 0) is 37.1 Å². The minimum atomic E-state index is -0.480. The lowest BCUT2D eigenvalue weighted by Gasteiger charge is -2.19. The summed E-state index contributed by atoms with van der Waals surface area (Å²) in [4.78, 5) is 12.1. The Bertz CT molecular complexity index is 473. The predicted octanol–water partition coefficient (Wildman–Crippen LogP) is 2.27. The Morgan fingerprint density at radius 1 is 1.35 bits per heavy atom. The molecule has 1 aromatic rings. The highest BCUT2D eigenvalue weighted by Gasteiger charge is 2.24. The molecule has 5 heteroatoms. The highest BCUT2D eigenvalue weighted by molar-refractivity contribution is 5.78. The first-order chi connectivity index (χ1) is 9.61. The molecule has 0 aliphatic carbocycles. The number of esters is 1. The topological polar surface area (TPSA) is 56.8 Å². The smallest absolute Gasteiger partial charge is 0.327 e. The second-order valence-corrected chi connectivity index (χ2v) is 5.10. The van der Waals surface area contributed by atoms with E-state index in [0.29, 0.717) is 24.0 Å². The van der Waals surface area contributed by atoms with Gasteiger partial charge in [-0.25, -0.2) is 4.79 Å². The van der Waals surface area contributed by atoms with Crippen molar-refractivity contribution in [1.82, 2.24) is 5.32 Å². The van der Waals surface area contributed by atoms with Crippen LogP contribution in [0.25, 0.3) is 0 Å².